The maximum Gasteiger partial charge on any atom is 0.251 e. The minimum Gasteiger partial charge on any atom is -0.343 e. The van der Waals surface area contributed by atoms with Crippen molar-refractivity contribution in [3.63, 3.8) is 0 Å². The number of hydrogen-bond donors (Lipinski definition) is 1. The number of nitrogens with zero attached hydrogens (tertiary/aromatic N) is 1. The number of carbonyl (C=O) groups is 1. The van der Waals surface area contributed by atoms with Crippen molar-refractivity contribution in [1.29, 1.82) is 0 Å². The Labute approximate surface area is 136 Å². The topological polar surface area (TPSA) is 53.2 Å². The number of aromatic amines is 1. The van der Waals surface area contributed by atoms with Crippen LogP contribution in [0.25, 0.3) is 10.9 Å². The number of nitrogens with one attached hydrogen (secondary N) is 1. The number of rotatable bonds is 3. The summed E-state index contributed by atoms with van der Waals surface area (Å²) in [5.74, 6) is 0.881. The summed E-state index contributed by atoms with van der Waals surface area (Å²) < 4.78 is 0. The van der Waals surface area contributed by atoms with Crippen LogP contribution in [0.15, 0.2) is 29.1 Å². The van der Waals surface area contributed by atoms with Gasteiger partial charge in [-0.25, -0.2) is 0 Å². The lowest BCUT2D eigenvalue weighted by atomic mass is 9.98. The van der Waals surface area contributed by atoms with Gasteiger partial charge in [0, 0.05) is 30.6 Å². The molecule has 0 bridgehead atoms. The van der Waals surface area contributed by atoms with Crippen molar-refractivity contribution in [3.05, 3.63) is 45.7 Å². The number of aromatic nitrogens is 1. The largest absolute Gasteiger partial charge is 0.343 e. The molecule has 2 aromatic rings. The maximum atomic E-state index is 12.3. The number of amides is 1. The molecule has 1 aromatic heterocycles. The minimum absolute atomic E-state index is 0.0820. The average molecular weight is 312 g/mol. The van der Waals surface area contributed by atoms with Gasteiger partial charge in [-0.1, -0.05) is 18.6 Å². The molecule has 23 heavy (non-hydrogen) atoms. The van der Waals surface area contributed by atoms with Gasteiger partial charge in [0.05, 0.1) is 0 Å². The Morgan fingerprint density at radius 3 is 2.74 bits per heavy atom. The molecule has 0 aliphatic carbocycles. The highest BCUT2D eigenvalue weighted by molar-refractivity contribution is 5.80. The van der Waals surface area contributed by atoms with E-state index in [-0.39, 0.29) is 11.5 Å². The van der Waals surface area contributed by atoms with Crippen molar-refractivity contribution in [3.8, 4) is 0 Å². The van der Waals surface area contributed by atoms with Gasteiger partial charge in [-0.05, 0) is 55.7 Å². The molecule has 122 valence electrons. The molecule has 0 saturated carbocycles. The van der Waals surface area contributed by atoms with Crippen molar-refractivity contribution in [2.24, 2.45) is 5.92 Å². The lowest BCUT2D eigenvalue weighted by Crippen LogP contribution is -2.38. The molecule has 0 unspecified atom stereocenters. The molecule has 2 heterocycles. The number of hydrogen-bond acceptors (Lipinski definition) is 2. The molecule has 1 amide bonds. The molecular formula is C19H24N2O2. The Hall–Kier alpha value is -2.10. The van der Waals surface area contributed by atoms with Crippen LogP contribution >= 0.6 is 0 Å². The Kier molecular flexibility index (Phi) is 4.51. The van der Waals surface area contributed by atoms with Gasteiger partial charge in [-0.15, -0.1) is 0 Å². The van der Waals surface area contributed by atoms with Gasteiger partial charge < -0.3 is 9.88 Å². The van der Waals surface area contributed by atoms with E-state index in [9.17, 15) is 9.59 Å². The van der Waals surface area contributed by atoms with Gasteiger partial charge in [0.15, 0.2) is 0 Å². The van der Waals surface area contributed by atoms with E-state index in [1.165, 1.54) is 0 Å². The zero-order chi connectivity index (χ0) is 16.4. The van der Waals surface area contributed by atoms with E-state index < -0.39 is 0 Å². The minimum atomic E-state index is -0.0820. The number of carbonyl (C=O) groups excluding carboxylic acids is 1. The second-order valence-electron chi connectivity index (χ2n) is 6.78. The van der Waals surface area contributed by atoms with Crippen molar-refractivity contribution >= 4 is 16.8 Å². The fraction of sp³-hybridized carbons (Fsp3) is 0.474. The van der Waals surface area contributed by atoms with Gasteiger partial charge in [0.1, 0.15) is 0 Å². The molecule has 4 heteroatoms. The average Bonchev–Trinajstić information content (AvgIpc) is 2.53. The van der Waals surface area contributed by atoms with Crippen LogP contribution in [0.3, 0.4) is 0 Å². The highest BCUT2D eigenvalue weighted by Gasteiger charge is 2.20. The number of H-pyrrole nitrogens is 1. The van der Waals surface area contributed by atoms with Gasteiger partial charge >= 0.3 is 0 Å². The second-order valence-corrected chi connectivity index (χ2v) is 6.78. The maximum absolute atomic E-state index is 12.3. The Morgan fingerprint density at radius 1 is 1.26 bits per heavy atom. The molecule has 1 saturated heterocycles. The molecule has 1 aromatic carbocycles. The second kappa shape index (κ2) is 6.57. The van der Waals surface area contributed by atoms with E-state index in [2.05, 4.69) is 18.0 Å². The third-order valence-corrected chi connectivity index (χ3v) is 4.82. The molecule has 4 nitrogen and oxygen atoms in total. The standard InChI is InChI=1S/C19H24N2O2/c1-13-7-9-21(10-8-13)18(22)6-4-15-12-16-11-14(2)3-5-17(16)20-19(15)23/h3,5,11-13H,4,6-10H2,1-2H3,(H,20,23). The number of likely N-dealkylation sites (tertiary alicyclic amines) is 1. The van der Waals surface area contributed by atoms with Crippen LogP contribution in [-0.2, 0) is 11.2 Å². The van der Waals surface area contributed by atoms with Crippen LogP contribution < -0.4 is 5.56 Å². The zero-order valence-electron chi connectivity index (χ0n) is 13.9. The van der Waals surface area contributed by atoms with Gasteiger partial charge in [-0.3, -0.25) is 9.59 Å². The van der Waals surface area contributed by atoms with E-state index in [0.29, 0.717) is 24.3 Å². The van der Waals surface area contributed by atoms with Crippen LogP contribution in [0.5, 0.6) is 0 Å². The van der Waals surface area contributed by atoms with Crippen LogP contribution in [0.4, 0.5) is 0 Å². The molecule has 0 spiro atoms. The van der Waals surface area contributed by atoms with Crippen LogP contribution in [-0.4, -0.2) is 28.9 Å². The molecule has 1 N–H and O–H groups in total. The summed E-state index contributed by atoms with van der Waals surface area (Å²) in [6, 6.07) is 7.89. The smallest absolute Gasteiger partial charge is 0.251 e. The molecular weight excluding hydrogens is 288 g/mol. The highest BCUT2D eigenvalue weighted by Crippen LogP contribution is 2.18. The molecule has 1 aliphatic rings. The van der Waals surface area contributed by atoms with Crippen molar-refractivity contribution in [2.75, 3.05) is 13.1 Å². The number of pyridine rings is 1. The van der Waals surface area contributed by atoms with Crippen molar-refractivity contribution in [1.82, 2.24) is 9.88 Å². The van der Waals surface area contributed by atoms with E-state index in [1.807, 2.05) is 30.0 Å². The predicted molar refractivity (Wildman–Crippen MR) is 92.6 cm³/mol. The third-order valence-electron chi connectivity index (χ3n) is 4.82. The molecule has 1 fully saturated rings. The van der Waals surface area contributed by atoms with Gasteiger partial charge in [-0.2, -0.15) is 0 Å². The fourth-order valence-electron chi connectivity index (χ4n) is 3.21. The molecule has 0 atom stereocenters. The lowest BCUT2D eigenvalue weighted by Gasteiger charge is -2.30. The van der Waals surface area contributed by atoms with Crippen LogP contribution in [0.2, 0.25) is 0 Å². The Bertz CT molecular complexity index is 771. The summed E-state index contributed by atoms with van der Waals surface area (Å²) in [7, 11) is 0. The lowest BCUT2D eigenvalue weighted by molar-refractivity contribution is -0.132. The predicted octanol–water partition coefficient (Wildman–Crippen LogP) is 3.03. The quantitative estimate of drug-likeness (QED) is 0.947. The first-order valence-corrected chi connectivity index (χ1v) is 8.43. The Morgan fingerprint density at radius 2 is 2.00 bits per heavy atom. The SMILES string of the molecule is Cc1ccc2[nH]c(=O)c(CCC(=O)N3CCC(C)CC3)cc2c1. The van der Waals surface area contributed by atoms with Crippen LogP contribution in [0.1, 0.15) is 37.3 Å². The van der Waals surface area contributed by atoms with Crippen molar-refractivity contribution < 1.29 is 4.79 Å². The van der Waals surface area contributed by atoms with Gasteiger partial charge in [0.25, 0.3) is 5.56 Å². The molecule has 0 radical (unpaired) electrons. The number of aryl methyl sites for hydroxylation is 2. The van der Waals surface area contributed by atoms with Gasteiger partial charge in [0.2, 0.25) is 5.91 Å². The first kappa shape index (κ1) is 15.8. The summed E-state index contributed by atoms with van der Waals surface area (Å²) in [6.45, 7) is 5.98. The van der Waals surface area contributed by atoms with Crippen LogP contribution in [0, 0.1) is 12.8 Å². The molecule has 1 aliphatic heterocycles. The number of benzene rings is 1. The number of fused-ring (bicyclic) bond motifs is 1. The molecule has 3 rings (SSSR count). The van der Waals surface area contributed by atoms with Crippen molar-refractivity contribution in [2.45, 2.75) is 39.5 Å². The van der Waals surface area contributed by atoms with E-state index in [4.69, 9.17) is 0 Å². The van der Waals surface area contributed by atoms with E-state index >= 15 is 0 Å². The summed E-state index contributed by atoms with van der Waals surface area (Å²) in [4.78, 5) is 29.3. The zero-order valence-corrected chi connectivity index (χ0v) is 13.9. The summed E-state index contributed by atoms with van der Waals surface area (Å²) in [5.41, 5.74) is 2.62. The van der Waals surface area contributed by atoms with E-state index in [0.717, 1.165) is 42.4 Å². The summed E-state index contributed by atoms with van der Waals surface area (Å²) in [6.07, 6.45) is 3.09. The van der Waals surface area contributed by atoms with E-state index in [1.54, 1.807) is 0 Å². The first-order valence-electron chi connectivity index (χ1n) is 8.43. The normalized spacial score (nSPS) is 16.0. The summed E-state index contributed by atoms with van der Waals surface area (Å²) in [5, 5.41) is 1.03. The number of piperidine rings is 1. The first-order chi connectivity index (χ1) is 11.0. The summed E-state index contributed by atoms with van der Waals surface area (Å²) >= 11 is 0. The highest BCUT2D eigenvalue weighted by atomic mass is 16.2. The Balaban J connectivity index is 1.70. The monoisotopic (exact) mass is 312 g/mol. The fourth-order valence-corrected chi connectivity index (χ4v) is 3.21. The third kappa shape index (κ3) is 3.63.